The van der Waals surface area contributed by atoms with Crippen LogP contribution in [-0.4, -0.2) is 23.6 Å². The van der Waals surface area contributed by atoms with Crippen molar-refractivity contribution in [1.29, 1.82) is 5.26 Å². The van der Waals surface area contributed by atoms with Crippen molar-refractivity contribution in [1.82, 2.24) is 0 Å². The second-order valence-corrected chi connectivity index (χ2v) is 5.78. The monoisotopic (exact) mass is 235 g/mol. The Morgan fingerprint density at radius 2 is 2.12 bits per heavy atom. The molecule has 0 aromatic heterocycles. The number of esters is 1. The summed E-state index contributed by atoms with van der Waals surface area (Å²) in [6, 6.07) is 2.18. The molecule has 1 saturated carbocycles. The van der Waals surface area contributed by atoms with E-state index in [4.69, 9.17) is 19.5 Å². The van der Waals surface area contributed by atoms with Gasteiger partial charge >= 0.3 is 5.97 Å². The van der Waals surface area contributed by atoms with Crippen LogP contribution in [0.2, 0.25) is 0 Å². The lowest BCUT2D eigenvalue weighted by Crippen LogP contribution is -2.36. The summed E-state index contributed by atoms with van der Waals surface area (Å²) in [7, 11) is 0. The molecule has 0 radical (unpaired) electrons. The number of carbonyl (C=O) groups is 1. The Bertz CT molecular complexity index is 472. The van der Waals surface area contributed by atoms with Crippen molar-refractivity contribution in [3.63, 3.8) is 0 Å². The Hall–Kier alpha value is -1.12. The van der Waals surface area contributed by atoms with Crippen molar-refractivity contribution in [3.05, 3.63) is 0 Å². The molecule has 17 heavy (non-hydrogen) atoms. The van der Waals surface area contributed by atoms with Crippen LogP contribution in [-0.2, 0) is 19.0 Å². The summed E-state index contributed by atoms with van der Waals surface area (Å²) < 4.78 is 17.0. The summed E-state index contributed by atoms with van der Waals surface area (Å²) in [4.78, 5) is 11.8. The molecule has 6 unspecified atom stereocenters. The van der Waals surface area contributed by atoms with E-state index in [1.807, 2.05) is 13.8 Å². The van der Waals surface area contributed by atoms with Gasteiger partial charge in [0.25, 0.3) is 0 Å². The van der Waals surface area contributed by atoms with Gasteiger partial charge in [0.2, 0.25) is 5.79 Å². The molecule has 0 amide bonds. The minimum Gasteiger partial charge on any atom is -0.433 e. The van der Waals surface area contributed by atoms with Crippen LogP contribution in [0.5, 0.6) is 0 Å². The van der Waals surface area contributed by atoms with Crippen LogP contribution in [0.3, 0.4) is 0 Å². The average molecular weight is 235 g/mol. The first-order valence-corrected chi connectivity index (χ1v) is 5.99. The number of nitrogens with zero attached hydrogens (tertiary/aromatic N) is 1. The van der Waals surface area contributed by atoms with Crippen LogP contribution in [0.1, 0.15) is 20.3 Å². The third-order valence-electron chi connectivity index (χ3n) is 4.91. The van der Waals surface area contributed by atoms with Crippen molar-refractivity contribution in [2.24, 2.45) is 23.7 Å². The second-order valence-electron chi connectivity index (χ2n) is 5.78. The van der Waals surface area contributed by atoms with E-state index >= 15 is 0 Å². The lowest BCUT2D eigenvalue weighted by atomic mass is 9.82. The maximum Gasteiger partial charge on any atom is 0.312 e. The highest BCUT2D eigenvalue weighted by Crippen LogP contribution is 2.67. The summed E-state index contributed by atoms with van der Waals surface area (Å²) in [6.45, 7) is 3.67. The van der Waals surface area contributed by atoms with Gasteiger partial charge in [-0.05, 0) is 13.3 Å². The standard InChI is InChI=1S/C12H13NO4/c1-11-8-5(7(4-13)15-11)3-6-9(8)12(2,17-11)16-10(6)14/h5-9H,3H2,1-2H3/t5?,6?,7-,8?,9?,11?,12?/m0/s1. The van der Waals surface area contributed by atoms with Crippen LogP contribution in [0.25, 0.3) is 0 Å². The number of nitriles is 1. The smallest absolute Gasteiger partial charge is 0.312 e. The molecule has 1 aliphatic carbocycles. The average Bonchev–Trinajstić information content (AvgIpc) is 2.85. The quantitative estimate of drug-likeness (QED) is 0.581. The zero-order valence-electron chi connectivity index (χ0n) is 9.67. The Morgan fingerprint density at radius 3 is 2.82 bits per heavy atom. The van der Waals surface area contributed by atoms with Crippen LogP contribution < -0.4 is 0 Å². The predicted molar refractivity (Wildman–Crippen MR) is 53.1 cm³/mol. The zero-order chi connectivity index (χ0) is 12.0. The highest BCUT2D eigenvalue weighted by atomic mass is 16.8. The maximum absolute atomic E-state index is 11.8. The SMILES string of the molecule is CC12OC(=O)C3CC4C(C31)C(C)(O[C@H]4C#N)O2. The molecule has 5 nitrogen and oxygen atoms in total. The molecule has 3 aliphatic heterocycles. The molecule has 0 bridgehead atoms. The highest BCUT2D eigenvalue weighted by molar-refractivity contribution is 5.77. The van der Waals surface area contributed by atoms with E-state index in [2.05, 4.69) is 6.07 Å². The van der Waals surface area contributed by atoms with Gasteiger partial charge in [-0.25, -0.2) is 0 Å². The first-order valence-electron chi connectivity index (χ1n) is 5.99. The van der Waals surface area contributed by atoms with Gasteiger partial charge < -0.3 is 14.2 Å². The normalized spacial score (nSPS) is 62.4. The first kappa shape index (κ1) is 9.86. The van der Waals surface area contributed by atoms with E-state index < -0.39 is 17.7 Å². The number of ether oxygens (including phenoxy) is 3. The number of rotatable bonds is 0. The fraction of sp³-hybridized carbons (Fsp3) is 0.833. The van der Waals surface area contributed by atoms with E-state index in [9.17, 15) is 4.79 Å². The molecule has 90 valence electrons. The Balaban J connectivity index is 1.85. The molecule has 4 aliphatic rings. The lowest BCUT2D eigenvalue weighted by molar-refractivity contribution is -0.292. The van der Waals surface area contributed by atoms with Crippen LogP contribution in [0, 0.1) is 35.0 Å². The van der Waals surface area contributed by atoms with Crippen LogP contribution in [0.15, 0.2) is 0 Å². The van der Waals surface area contributed by atoms with Crippen molar-refractivity contribution in [2.75, 3.05) is 0 Å². The van der Waals surface area contributed by atoms with Gasteiger partial charge in [0.05, 0.1) is 12.0 Å². The van der Waals surface area contributed by atoms with Crippen molar-refractivity contribution in [2.45, 2.75) is 37.9 Å². The topological polar surface area (TPSA) is 68.5 Å². The zero-order valence-corrected chi connectivity index (χ0v) is 9.67. The number of hydrogen-bond donors (Lipinski definition) is 0. The molecule has 7 atom stereocenters. The Morgan fingerprint density at radius 1 is 1.35 bits per heavy atom. The molecule has 0 spiro atoms. The summed E-state index contributed by atoms with van der Waals surface area (Å²) in [5.41, 5.74) is 0. The van der Waals surface area contributed by atoms with E-state index in [1.165, 1.54) is 0 Å². The Kier molecular flexibility index (Phi) is 1.45. The summed E-state index contributed by atoms with van der Waals surface area (Å²) >= 11 is 0. The van der Waals surface area contributed by atoms with Gasteiger partial charge in [-0.15, -0.1) is 0 Å². The van der Waals surface area contributed by atoms with Gasteiger partial charge in [0.15, 0.2) is 11.9 Å². The van der Waals surface area contributed by atoms with E-state index in [0.717, 1.165) is 0 Å². The van der Waals surface area contributed by atoms with Crippen molar-refractivity contribution < 1.29 is 19.0 Å². The van der Waals surface area contributed by atoms with Crippen LogP contribution >= 0.6 is 0 Å². The molecule has 0 N–H and O–H groups in total. The molecule has 0 aromatic rings. The van der Waals surface area contributed by atoms with Gasteiger partial charge in [0, 0.05) is 24.7 Å². The summed E-state index contributed by atoms with van der Waals surface area (Å²) in [5.74, 6) is -1.65. The molecule has 4 rings (SSSR count). The molecule has 4 fully saturated rings. The lowest BCUT2D eigenvalue weighted by Gasteiger charge is -2.27. The predicted octanol–water partition coefficient (Wildman–Crippen LogP) is 0.797. The largest absolute Gasteiger partial charge is 0.433 e. The minimum atomic E-state index is -0.851. The minimum absolute atomic E-state index is 0.0448. The first-order chi connectivity index (χ1) is 7.98. The van der Waals surface area contributed by atoms with Crippen molar-refractivity contribution >= 4 is 5.97 Å². The van der Waals surface area contributed by atoms with Gasteiger partial charge in [-0.2, -0.15) is 5.26 Å². The molecular formula is C12H13NO4. The van der Waals surface area contributed by atoms with E-state index in [-0.39, 0.29) is 29.6 Å². The number of hydrogen-bond acceptors (Lipinski definition) is 5. The summed E-state index contributed by atoms with van der Waals surface area (Å²) in [5, 5.41) is 9.11. The Labute approximate surface area is 98.6 Å². The van der Waals surface area contributed by atoms with Gasteiger partial charge in [0.1, 0.15) is 0 Å². The second kappa shape index (κ2) is 2.50. The van der Waals surface area contributed by atoms with Crippen molar-refractivity contribution in [3.8, 4) is 6.07 Å². The van der Waals surface area contributed by atoms with E-state index in [0.29, 0.717) is 6.42 Å². The molecular weight excluding hydrogens is 222 g/mol. The van der Waals surface area contributed by atoms with Gasteiger partial charge in [-0.1, -0.05) is 0 Å². The maximum atomic E-state index is 11.8. The number of carbonyl (C=O) groups excluding carboxylic acids is 1. The third kappa shape index (κ3) is 0.883. The fourth-order valence-electron chi connectivity index (χ4n) is 4.53. The van der Waals surface area contributed by atoms with Gasteiger partial charge in [-0.3, -0.25) is 4.79 Å². The molecule has 3 saturated heterocycles. The molecule has 3 heterocycles. The van der Waals surface area contributed by atoms with E-state index in [1.54, 1.807) is 0 Å². The third-order valence-corrected chi connectivity index (χ3v) is 4.91. The summed E-state index contributed by atoms with van der Waals surface area (Å²) in [6.07, 6.45) is 0.244. The molecule has 5 heteroatoms. The van der Waals surface area contributed by atoms with Crippen LogP contribution in [0.4, 0.5) is 0 Å². The fourth-order valence-corrected chi connectivity index (χ4v) is 4.53. The molecule has 0 aromatic carbocycles. The highest BCUT2D eigenvalue weighted by Gasteiger charge is 2.77.